The minimum atomic E-state index is 0.145. The molecule has 1 fully saturated rings. The number of hydrogen-bond donors (Lipinski definition) is 1. The Hall–Kier alpha value is -0.120. The summed E-state index contributed by atoms with van der Waals surface area (Å²) in [5, 5.41) is 0. The van der Waals surface area contributed by atoms with Crippen LogP contribution in [0.4, 0.5) is 0 Å². The van der Waals surface area contributed by atoms with Gasteiger partial charge in [-0.2, -0.15) is 0 Å². The number of nitrogens with two attached hydrogens (primary N) is 1. The van der Waals surface area contributed by atoms with E-state index in [4.69, 9.17) is 15.2 Å². The molecule has 78 valence electrons. The summed E-state index contributed by atoms with van der Waals surface area (Å²) in [5.74, 6) is 0. The standard InChI is InChI=1S/C10H21NO2/c1-4-12-5-6-13-9-7-8(11)10(9,2)3/h8-9H,4-7,11H2,1-3H3. The average molecular weight is 187 g/mol. The summed E-state index contributed by atoms with van der Waals surface area (Å²) in [4.78, 5) is 0. The minimum absolute atomic E-state index is 0.145. The topological polar surface area (TPSA) is 44.5 Å². The van der Waals surface area contributed by atoms with Crippen molar-refractivity contribution < 1.29 is 9.47 Å². The normalized spacial score (nSPS) is 31.4. The molecule has 0 aromatic rings. The molecule has 3 nitrogen and oxygen atoms in total. The first-order valence-corrected chi connectivity index (χ1v) is 5.04. The van der Waals surface area contributed by atoms with Gasteiger partial charge in [0.25, 0.3) is 0 Å². The van der Waals surface area contributed by atoms with Crippen LogP contribution in [0.15, 0.2) is 0 Å². The molecule has 1 aliphatic carbocycles. The van der Waals surface area contributed by atoms with Crippen LogP contribution in [-0.4, -0.2) is 32.0 Å². The highest BCUT2D eigenvalue weighted by molar-refractivity contribution is 5.00. The summed E-state index contributed by atoms with van der Waals surface area (Å²) < 4.78 is 10.9. The van der Waals surface area contributed by atoms with E-state index in [1.54, 1.807) is 0 Å². The SMILES string of the molecule is CCOCCOC1CC(N)C1(C)C. The number of rotatable bonds is 5. The van der Waals surface area contributed by atoms with Crippen molar-refractivity contribution in [1.29, 1.82) is 0 Å². The predicted octanol–water partition coefficient (Wildman–Crippen LogP) is 1.17. The van der Waals surface area contributed by atoms with Gasteiger partial charge in [-0.05, 0) is 13.3 Å². The van der Waals surface area contributed by atoms with E-state index in [1.807, 2.05) is 6.92 Å². The molecule has 1 saturated carbocycles. The Bertz CT molecular complexity index is 159. The van der Waals surface area contributed by atoms with Crippen molar-refractivity contribution in [3.8, 4) is 0 Å². The van der Waals surface area contributed by atoms with E-state index in [9.17, 15) is 0 Å². The van der Waals surface area contributed by atoms with Crippen molar-refractivity contribution in [2.24, 2.45) is 11.1 Å². The Balaban J connectivity index is 2.10. The van der Waals surface area contributed by atoms with Crippen LogP contribution in [0.2, 0.25) is 0 Å². The van der Waals surface area contributed by atoms with Crippen LogP contribution in [0.3, 0.4) is 0 Å². The molecular formula is C10H21NO2. The second kappa shape index (κ2) is 4.40. The molecule has 13 heavy (non-hydrogen) atoms. The Labute approximate surface area is 80.6 Å². The van der Waals surface area contributed by atoms with E-state index in [2.05, 4.69) is 13.8 Å². The summed E-state index contributed by atoms with van der Waals surface area (Å²) in [6.07, 6.45) is 1.31. The summed E-state index contributed by atoms with van der Waals surface area (Å²) in [5.41, 5.74) is 6.01. The lowest BCUT2D eigenvalue weighted by Crippen LogP contribution is -2.59. The minimum Gasteiger partial charge on any atom is -0.379 e. The molecule has 0 radical (unpaired) electrons. The van der Waals surface area contributed by atoms with Crippen LogP contribution in [0, 0.1) is 5.41 Å². The van der Waals surface area contributed by atoms with Crippen LogP contribution in [-0.2, 0) is 9.47 Å². The van der Waals surface area contributed by atoms with E-state index in [0.717, 1.165) is 13.0 Å². The van der Waals surface area contributed by atoms with Gasteiger partial charge in [0.05, 0.1) is 19.3 Å². The van der Waals surface area contributed by atoms with E-state index >= 15 is 0 Å². The Kier molecular flexibility index (Phi) is 3.71. The van der Waals surface area contributed by atoms with Crippen LogP contribution < -0.4 is 5.73 Å². The van der Waals surface area contributed by atoms with Gasteiger partial charge in [-0.15, -0.1) is 0 Å². The Morgan fingerprint density at radius 1 is 1.38 bits per heavy atom. The van der Waals surface area contributed by atoms with Gasteiger partial charge in [-0.3, -0.25) is 0 Å². The summed E-state index contributed by atoms with van der Waals surface area (Å²) in [6.45, 7) is 8.45. The van der Waals surface area contributed by atoms with Crippen LogP contribution in [0.25, 0.3) is 0 Å². The van der Waals surface area contributed by atoms with Gasteiger partial charge < -0.3 is 15.2 Å². The van der Waals surface area contributed by atoms with Crippen LogP contribution >= 0.6 is 0 Å². The zero-order chi connectivity index (χ0) is 9.90. The van der Waals surface area contributed by atoms with Gasteiger partial charge in [-0.25, -0.2) is 0 Å². The zero-order valence-electron chi connectivity index (χ0n) is 8.88. The number of hydrogen-bond acceptors (Lipinski definition) is 3. The second-order valence-corrected chi connectivity index (χ2v) is 4.22. The molecule has 0 heterocycles. The predicted molar refractivity (Wildman–Crippen MR) is 52.6 cm³/mol. The van der Waals surface area contributed by atoms with E-state index in [1.165, 1.54) is 0 Å². The molecule has 2 N–H and O–H groups in total. The molecule has 0 saturated heterocycles. The van der Waals surface area contributed by atoms with E-state index in [-0.39, 0.29) is 5.41 Å². The highest BCUT2D eigenvalue weighted by Gasteiger charge is 2.46. The summed E-state index contributed by atoms with van der Waals surface area (Å²) in [6, 6.07) is 0.296. The molecule has 3 heteroatoms. The molecule has 0 aromatic carbocycles. The van der Waals surface area contributed by atoms with Gasteiger partial charge in [0.2, 0.25) is 0 Å². The monoisotopic (exact) mass is 187 g/mol. The molecule has 1 aliphatic rings. The van der Waals surface area contributed by atoms with Gasteiger partial charge >= 0.3 is 0 Å². The lowest BCUT2D eigenvalue weighted by atomic mass is 9.65. The van der Waals surface area contributed by atoms with Gasteiger partial charge in [0, 0.05) is 18.1 Å². The third kappa shape index (κ3) is 2.42. The zero-order valence-corrected chi connectivity index (χ0v) is 8.88. The fourth-order valence-corrected chi connectivity index (χ4v) is 1.59. The lowest BCUT2D eigenvalue weighted by molar-refractivity contribution is -0.117. The van der Waals surface area contributed by atoms with Crippen LogP contribution in [0.1, 0.15) is 27.2 Å². The molecule has 0 aromatic heterocycles. The first-order valence-electron chi connectivity index (χ1n) is 5.04. The first-order chi connectivity index (χ1) is 6.09. The van der Waals surface area contributed by atoms with Gasteiger partial charge in [-0.1, -0.05) is 13.8 Å². The van der Waals surface area contributed by atoms with Crippen molar-refractivity contribution in [3.63, 3.8) is 0 Å². The maximum Gasteiger partial charge on any atom is 0.0704 e. The van der Waals surface area contributed by atoms with Crippen molar-refractivity contribution in [2.75, 3.05) is 19.8 Å². The Morgan fingerprint density at radius 2 is 2.08 bits per heavy atom. The van der Waals surface area contributed by atoms with E-state index in [0.29, 0.717) is 25.4 Å². The molecule has 0 spiro atoms. The third-order valence-corrected chi connectivity index (χ3v) is 3.00. The summed E-state index contributed by atoms with van der Waals surface area (Å²) in [7, 11) is 0. The highest BCUT2D eigenvalue weighted by atomic mass is 16.5. The van der Waals surface area contributed by atoms with Crippen molar-refractivity contribution >= 4 is 0 Å². The van der Waals surface area contributed by atoms with Crippen molar-refractivity contribution in [3.05, 3.63) is 0 Å². The third-order valence-electron chi connectivity index (χ3n) is 3.00. The first kappa shape index (κ1) is 11.0. The quantitative estimate of drug-likeness (QED) is 0.657. The molecule has 2 unspecified atom stereocenters. The largest absolute Gasteiger partial charge is 0.379 e. The smallest absolute Gasteiger partial charge is 0.0704 e. The molecule has 0 aliphatic heterocycles. The van der Waals surface area contributed by atoms with E-state index < -0.39 is 0 Å². The maximum atomic E-state index is 5.87. The van der Waals surface area contributed by atoms with Gasteiger partial charge in [0.1, 0.15) is 0 Å². The summed E-state index contributed by atoms with van der Waals surface area (Å²) >= 11 is 0. The lowest BCUT2D eigenvalue weighted by Gasteiger charge is -2.49. The second-order valence-electron chi connectivity index (χ2n) is 4.22. The molecular weight excluding hydrogens is 166 g/mol. The molecule has 0 bridgehead atoms. The van der Waals surface area contributed by atoms with Crippen LogP contribution in [0.5, 0.6) is 0 Å². The Morgan fingerprint density at radius 3 is 2.54 bits per heavy atom. The molecule has 2 atom stereocenters. The van der Waals surface area contributed by atoms with Crippen molar-refractivity contribution in [1.82, 2.24) is 0 Å². The fourth-order valence-electron chi connectivity index (χ4n) is 1.59. The van der Waals surface area contributed by atoms with Crippen molar-refractivity contribution in [2.45, 2.75) is 39.3 Å². The highest BCUT2D eigenvalue weighted by Crippen LogP contribution is 2.41. The maximum absolute atomic E-state index is 5.87. The average Bonchev–Trinajstić information content (AvgIpc) is 2.10. The molecule has 1 rings (SSSR count). The molecule has 0 amide bonds. The number of ether oxygens (including phenoxy) is 2. The van der Waals surface area contributed by atoms with Gasteiger partial charge in [0.15, 0.2) is 0 Å². The fraction of sp³-hybridized carbons (Fsp3) is 1.00.